The van der Waals surface area contributed by atoms with Crippen molar-refractivity contribution in [1.29, 1.82) is 0 Å². The van der Waals surface area contributed by atoms with Crippen molar-refractivity contribution in [2.45, 2.75) is 6.42 Å². The fraction of sp³-hybridized carbons (Fsp3) is 0.0120. The van der Waals surface area contributed by atoms with E-state index in [1.165, 1.54) is 98.5 Å². The highest BCUT2D eigenvalue weighted by molar-refractivity contribution is 9.10. The van der Waals surface area contributed by atoms with E-state index in [9.17, 15) is 0 Å². The summed E-state index contributed by atoms with van der Waals surface area (Å²) in [6.45, 7) is 0. The maximum Gasteiger partial charge on any atom is 0.160 e. The predicted molar refractivity (Wildman–Crippen MR) is 377 cm³/mol. The molecule has 0 saturated carbocycles. The van der Waals surface area contributed by atoms with E-state index >= 15 is 0 Å². The van der Waals surface area contributed by atoms with Gasteiger partial charge in [-0.15, -0.1) is 0 Å². The van der Waals surface area contributed by atoms with Crippen LogP contribution in [0.1, 0.15) is 11.3 Å². The third-order valence-electron chi connectivity index (χ3n) is 18.9. The van der Waals surface area contributed by atoms with Gasteiger partial charge in [-0.25, -0.2) is 9.97 Å². The molecular weight excluding hydrogens is 1160 g/mol. The van der Waals surface area contributed by atoms with Crippen LogP contribution < -0.4 is 0 Å². The molecule has 18 aromatic rings. The molecule has 13 aromatic carbocycles. The lowest BCUT2D eigenvalue weighted by Gasteiger charge is -2.14. The minimum atomic E-state index is 0.709. The Kier molecular flexibility index (Phi) is 11.2. The zero-order valence-corrected chi connectivity index (χ0v) is 50.1. The minimum absolute atomic E-state index is 0.709. The monoisotopic (exact) mass is 1210 g/mol. The number of fused-ring (bicyclic) bond motifs is 15. The topological polar surface area (TPSA) is 45.5 Å². The minimum Gasteiger partial charge on any atom is -0.309 e. The lowest BCUT2D eigenvalue weighted by Crippen LogP contribution is -2.00. The van der Waals surface area contributed by atoms with Gasteiger partial charge in [0.25, 0.3) is 0 Å². The van der Waals surface area contributed by atoms with Gasteiger partial charge in [0.15, 0.2) is 5.82 Å². The van der Waals surface area contributed by atoms with Crippen molar-refractivity contribution in [3.8, 4) is 78.8 Å². The van der Waals surface area contributed by atoms with Crippen molar-refractivity contribution in [3.63, 3.8) is 0 Å². The fourth-order valence-electron chi connectivity index (χ4n) is 14.8. The molecule has 0 N–H and O–H groups in total. The summed E-state index contributed by atoms with van der Waals surface area (Å²) >= 11 is 3.81. The van der Waals surface area contributed by atoms with Gasteiger partial charge < -0.3 is 18.3 Å². The van der Waals surface area contributed by atoms with Gasteiger partial charge in [-0.05, 0) is 167 Å². The standard InChI is InChI=1S/C83H51BrN6/c84-58-36-27-57-47-72-81(69(57)50-58)82(51-28-37-61(38-29-51)87-75-25-13-9-21-65(75)70-45-53(34-43-77(70)87)55-32-41-67-63-19-7-11-23-73(63)89(79(67)48-55)59-15-3-1-4-16-59)86-83(85-72)52-30-39-62(40-31-52)88-76-26-14-10-22-66(76)71-46-54(35-44-78(71)88)56-33-42-68-64-20-8-12-24-74(64)90(80(68)49-56)60-17-5-2-6-18-60/h1-46,48-50H,47H2. The van der Waals surface area contributed by atoms with Crippen molar-refractivity contribution >= 4 is 103 Å². The number of benzene rings is 13. The first-order valence-electron chi connectivity index (χ1n) is 30.7. The van der Waals surface area contributed by atoms with Crippen LogP contribution in [0.25, 0.3) is 166 Å². The average molecular weight is 1210 g/mol. The molecule has 0 amide bonds. The van der Waals surface area contributed by atoms with Crippen LogP contribution in [0.5, 0.6) is 0 Å². The van der Waals surface area contributed by atoms with E-state index in [0.717, 1.165) is 83.8 Å². The van der Waals surface area contributed by atoms with E-state index in [1.807, 2.05) is 0 Å². The number of nitrogens with zero attached hydrogens (tertiary/aromatic N) is 6. The lowest BCUT2D eigenvalue weighted by atomic mass is 10.00. The van der Waals surface area contributed by atoms with Gasteiger partial charge in [0, 0.05) is 93.4 Å². The van der Waals surface area contributed by atoms with Crippen LogP contribution in [0.2, 0.25) is 0 Å². The summed E-state index contributed by atoms with van der Waals surface area (Å²) in [5.41, 5.74) is 26.1. The van der Waals surface area contributed by atoms with Crippen LogP contribution in [0, 0.1) is 0 Å². The van der Waals surface area contributed by atoms with Crippen LogP contribution in [0.15, 0.2) is 302 Å². The molecule has 0 atom stereocenters. The van der Waals surface area contributed by atoms with Gasteiger partial charge in [0.2, 0.25) is 0 Å². The lowest BCUT2D eigenvalue weighted by molar-refractivity contribution is 1.08. The maximum absolute atomic E-state index is 5.54. The summed E-state index contributed by atoms with van der Waals surface area (Å²) in [7, 11) is 0. The van der Waals surface area contributed by atoms with E-state index in [0.29, 0.717) is 5.82 Å². The molecule has 0 spiro atoms. The van der Waals surface area contributed by atoms with Gasteiger partial charge >= 0.3 is 0 Å². The Labute approximate surface area is 526 Å². The van der Waals surface area contributed by atoms with Crippen LogP contribution in [-0.4, -0.2) is 28.2 Å². The molecule has 0 radical (unpaired) electrons. The second kappa shape index (κ2) is 19.8. The zero-order valence-electron chi connectivity index (χ0n) is 48.6. The van der Waals surface area contributed by atoms with E-state index in [4.69, 9.17) is 9.97 Å². The summed E-state index contributed by atoms with van der Waals surface area (Å²) in [4.78, 5) is 10.9. The number of para-hydroxylation sites is 6. The molecule has 0 bridgehead atoms. The molecule has 19 rings (SSSR count). The van der Waals surface area contributed by atoms with E-state index < -0.39 is 0 Å². The second-order valence-electron chi connectivity index (χ2n) is 23.8. The highest BCUT2D eigenvalue weighted by atomic mass is 79.9. The highest BCUT2D eigenvalue weighted by Crippen LogP contribution is 2.46. The SMILES string of the molecule is Brc1ccc2c(c1)-c1c(nc(-c3ccc(-n4c5ccccc5c5cc(-c6ccc7c8ccccc8n(-c8ccccc8)c7c6)ccc54)cc3)nc1-c1ccc(-n3c4ccccc4c4cc(-c5ccc6c7ccccc7n(-c7ccccc7)c6c5)ccc43)cc1)C2. The molecule has 420 valence electrons. The number of halogens is 1. The van der Waals surface area contributed by atoms with Crippen molar-refractivity contribution in [3.05, 3.63) is 313 Å². The smallest absolute Gasteiger partial charge is 0.160 e. The molecule has 7 heteroatoms. The van der Waals surface area contributed by atoms with E-state index in [1.54, 1.807) is 0 Å². The van der Waals surface area contributed by atoms with Crippen LogP contribution in [0.3, 0.4) is 0 Å². The normalized spacial score (nSPS) is 12.2. The molecule has 0 fully saturated rings. The highest BCUT2D eigenvalue weighted by Gasteiger charge is 2.28. The number of rotatable bonds is 8. The first kappa shape index (κ1) is 50.7. The van der Waals surface area contributed by atoms with Gasteiger partial charge in [-0.2, -0.15) is 0 Å². The maximum atomic E-state index is 5.54. The summed E-state index contributed by atoms with van der Waals surface area (Å²) in [5, 5.41) is 9.84. The molecule has 0 saturated heterocycles. The Morgan fingerprint density at radius 2 is 0.633 bits per heavy atom. The van der Waals surface area contributed by atoms with Crippen LogP contribution >= 0.6 is 15.9 Å². The van der Waals surface area contributed by atoms with Gasteiger partial charge in [0.05, 0.1) is 55.5 Å². The Balaban J connectivity index is 0.681. The van der Waals surface area contributed by atoms with Crippen molar-refractivity contribution in [2.24, 2.45) is 0 Å². The Bertz CT molecular complexity index is 5990. The first-order chi connectivity index (χ1) is 44.5. The Hall–Kier alpha value is -11.4. The number of hydrogen-bond donors (Lipinski definition) is 0. The van der Waals surface area contributed by atoms with Crippen molar-refractivity contribution in [1.82, 2.24) is 28.2 Å². The second-order valence-corrected chi connectivity index (χ2v) is 24.7. The van der Waals surface area contributed by atoms with E-state index in [-0.39, 0.29) is 0 Å². The summed E-state index contributed by atoms with van der Waals surface area (Å²) in [6, 6.07) is 109. The largest absolute Gasteiger partial charge is 0.309 e. The van der Waals surface area contributed by atoms with Crippen LogP contribution in [-0.2, 0) is 6.42 Å². The molecule has 0 aliphatic heterocycles. The van der Waals surface area contributed by atoms with Gasteiger partial charge in [-0.1, -0.05) is 180 Å². The summed E-state index contributed by atoms with van der Waals surface area (Å²) in [6.07, 6.45) is 0.734. The Morgan fingerprint density at radius 1 is 0.267 bits per heavy atom. The Morgan fingerprint density at radius 3 is 1.12 bits per heavy atom. The predicted octanol–water partition coefficient (Wildman–Crippen LogP) is 21.9. The number of aromatic nitrogens is 6. The molecule has 6 nitrogen and oxygen atoms in total. The van der Waals surface area contributed by atoms with E-state index in [2.05, 4.69) is 331 Å². The molecule has 5 aromatic heterocycles. The van der Waals surface area contributed by atoms with Gasteiger partial charge in [0.1, 0.15) is 0 Å². The third-order valence-corrected chi connectivity index (χ3v) is 19.3. The van der Waals surface area contributed by atoms with Gasteiger partial charge in [-0.3, -0.25) is 0 Å². The first-order valence-corrected chi connectivity index (χ1v) is 31.5. The van der Waals surface area contributed by atoms with Crippen molar-refractivity contribution in [2.75, 3.05) is 0 Å². The molecule has 1 aliphatic carbocycles. The quantitative estimate of drug-likeness (QED) is 0.152. The molecule has 1 aliphatic rings. The number of hydrogen-bond acceptors (Lipinski definition) is 2. The molecule has 0 unspecified atom stereocenters. The van der Waals surface area contributed by atoms with Crippen LogP contribution in [0.4, 0.5) is 0 Å². The average Bonchev–Trinajstić information content (AvgIpc) is 2.34. The molecular formula is C83H51BrN6. The fourth-order valence-corrected chi connectivity index (χ4v) is 15.1. The molecule has 90 heavy (non-hydrogen) atoms. The zero-order chi connectivity index (χ0) is 59.1. The summed E-state index contributed by atoms with van der Waals surface area (Å²) < 4.78 is 10.6. The summed E-state index contributed by atoms with van der Waals surface area (Å²) in [5.74, 6) is 0.709. The third kappa shape index (κ3) is 7.76. The molecule has 5 heterocycles. The van der Waals surface area contributed by atoms with Crippen molar-refractivity contribution < 1.29 is 0 Å².